The van der Waals surface area contributed by atoms with Gasteiger partial charge in [0.1, 0.15) is 4.70 Å². The van der Waals surface area contributed by atoms with Gasteiger partial charge in [-0.3, -0.25) is 4.79 Å². The maximum absolute atomic E-state index is 11.3. The van der Waals surface area contributed by atoms with Crippen LogP contribution in [0.2, 0.25) is 0 Å². The molecule has 74 valence electrons. The van der Waals surface area contributed by atoms with Crippen molar-refractivity contribution in [3.05, 3.63) is 16.3 Å². The zero-order chi connectivity index (χ0) is 10.1. The number of aromatic nitrogens is 2. The van der Waals surface area contributed by atoms with Crippen LogP contribution in [0.15, 0.2) is 10.9 Å². The second-order valence-electron chi connectivity index (χ2n) is 2.72. The minimum absolute atomic E-state index is 0. The number of nitrogens with one attached hydrogen (secondary N) is 2. The summed E-state index contributed by atoms with van der Waals surface area (Å²) in [6.45, 7) is 2.67. The van der Waals surface area contributed by atoms with Crippen molar-refractivity contribution >= 4 is 26.8 Å². The Kier molecular flexibility index (Phi) is 4.15. The zero-order valence-corrected chi connectivity index (χ0v) is 11.3. The maximum atomic E-state index is 11.3. The van der Waals surface area contributed by atoms with E-state index in [9.17, 15) is 9.90 Å². The molecule has 0 bridgehead atoms. The molecule has 0 radical (unpaired) electrons. The summed E-state index contributed by atoms with van der Waals surface area (Å²) in [5, 5.41) is 14.6. The van der Waals surface area contributed by atoms with Gasteiger partial charge in [0.2, 0.25) is 5.43 Å². The van der Waals surface area contributed by atoms with Crippen LogP contribution in [0.25, 0.3) is 10.3 Å². The summed E-state index contributed by atoms with van der Waals surface area (Å²) in [4.78, 5) is 17.9. The molecule has 0 aliphatic heterocycles. The van der Waals surface area contributed by atoms with E-state index in [1.807, 2.05) is 6.92 Å². The largest absolute Gasteiger partial charge is 1.00 e. The predicted octanol–water partition coefficient (Wildman–Crippen LogP) is -2.51. The number of hydrogen-bond acceptors (Lipinski definition) is 5. The molecule has 0 amide bonds. The summed E-state index contributed by atoms with van der Waals surface area (Å²) in [5.41, 5.74) is 0.0915. The number of pyridine rings is 1. The molecule has 2 aromatic rings. The molecular weight excluding hydrogens is 225 g/mol. The molecule has 0 saturated heterocycles. The molecule has 5 nitrogen and oxygen atoms in total. The van der Waals surface area contributed by atoms with Crippen molar-refractivity contribution in [3.63, 3.8) is 0 Å². The summed E-state index contributed by atoms with van der Waals surface area (Å²) in [6, 6.07) is 1.04. The van der Waals surface area contributed by atoms with E-state index < -0.39 is 5.88 Å². The average molecular weight is 233 g/mol. The van der Waals surface area contributed by atoms with Gasteiger partial charge in [0.25, 0.3) is 0 Å². The Bertz CT molecular complexity index is 522. The molecule has 0 spiro atoms. The molecule has 15 heavy (non-hydrogen) atoms. The Morgan fingerprint density at radius 2 is 2.40 bits per heavy atom. The van der Waals surface area contributed by atoms with Gasteiger partial charge in [-0.05, 0) is 18.9 Å². The van der Waals surface area contributed by atoms with Gasteiger partial charge >= 0.3 is 29.6 Å². The fourth-order valence-electron chi connectivity index (χ4n) is 1.14. The van der Waals surface area contributed by atoms with Crippen LogP contribution < -0.4 is 45.4 Å². The number of aromatic amines is 1. The first kappa shape index (κ1) is 12.5. The van der Waals surface area contributed by atoms with Crippen molar-refractivity contribution < 1.29 is 34.7 Å². The van der Waals surface area contributed by atoms with E-state index in [1.54, 1.807) is 0 Å². The Morgan fingerprint density at radius 1 is 1.67 bits per heavy atom. The zero-order valence-electron chi connectivity index (χ0n) is 8.46. The standard InChI is InChI=1S/C8H9N3O2S.Na/c1-2-9-8-11-7-6(14-8)4(12)3-5(13)10-7;/h3H,2H2,1H3,(H3,9,10,11,12,13);/q;+1/p-1. The van der Waals surface area contributed by atoms with Crippen LogP contribution >= 0.6 is 11.3 Å². The number of thiazole rings is 1. The number of anilines is 1. The average Bonchev–Trinajstić information content (AvgIpc) is 2.48. The van der Waals surface area contributed by atoms with E-state index in [1.165, 1.54) is 11.3 Å². The van der Waals surface area contributed by atoms with Crippen LogP contribution in [-0.4, -0.2) is 16.5 Å². The number of rotatable bonds is 2. The van der Waals surface area contributed by atoms with Crippen molar-refractivity contribution in [2.45, 2.75) is 6.92 Å². The Balaban J connectivity index is 0.00000112. The third kappa shape index (κ3) is 2.52. The second-order valence-corrected chi connectivity index (χ2v) is 3.72. The number of hydrogen-bond donors (Lipinski definition) is 2. The molecule has 0 fully saturated rings. The van der Waals surface area contributed by atoms with E-state index in [2.05, 4.69) is 15.3 Å². The van der Waals surface area contributed by atoms with Crippen LogP contribution in [0.4, 0.5) is 5.13 Å². The van der Waals surface area contributed by atoms with Gasteiger partial charge in [-0.2, -0.15) is 0 Å². The van der Waals surface area contributed by atoms with Crippen LogP contribution in [0, 0.1) is 0 Å². The first-order chi connectivity index (χ1) is 6.70. The molecule has 2 heterocycles. The van der Waals surface area contributed by atoms with E-state index in [0.717, 1.165) is 12.6 Å². The van der Waals surface area contributed by atoms with Gasteiger partial charge in [0, 0.05) is 6.54 Å². The number of fused-ring (bicyclic) bond motifs is 1. The fraction of sp³-hybridized carbons (Fsp3) is 0.250. The van der Waals surface area contributed by atoms with Gasteiger partial charge < -0.3 is 15.4 Å². The van der Waals surface area contributed by atoms with Crippen LogP contribution in [-0.2, 0) is 0 Å². The molecule has 0 unspecified atom stereocenters. The summed E-state index contributed by atoms with van der Waals surface area (Å²) in [5.74, 6) is -0.407. The van der Waals surface area contributed by atoms with Gasteiger partial charge in [0.15, 0.2) is 10.8 Å². The molecular formula is C8H8N3NaO2S. The topological polar surface area (TPSA) is 80.8 Å². The quantitative estimate of drug-likeness (QED) is 0.562. The molecule has 2 N–H and O–H groups in total. The summed E-state index contributed by atoms with van der Waals surface area (Å²) in [7, 11) is 0. The summed E-state index contributed by atoms with van der Waals surface area (Å²) in [6.07, 6.45) is 0. The van der Waals surface area contributed by atoms with Crippen molar-refractivity contribution in [1.82, 2.24) is 9.97 Å². The van der Waals surface area contributed by atoms with Crippen molar-refractivity contribution in [1.29, 1.82) is 0 Å². The molecule has 0 aromatic carbocycles. The molecule has 0 saturated carbocycles. The van der Waals surface area contributed by atoms with Crippen molar-refractivity contribution in [3.8, 4) is 5.88 Å². The predicted molar refractivity (Wildman–Crippen MR) is 53.9 cm³/mol. The summed E-state index contributed by atoms with van der Waals surface area (Å²) >= 11 is 1.25. The molecule has 7 heteroatoms. The van der Waals surface area contributed by atoms with Crippen LogP contribution in [0.1, 0.15) is 6.92 Å². The molecule has 2 aromatic heterocycles. The monoisotopic (exact) mass is 233 g/mol. The molecule has 2 rings (SSSR count). The SMILES string of the molecule is CCNc1nc2[nH]c([O-])cc(=O)c2s1.[Na+]. The third-order valence-electron chi connectivity index (χ3n) is 1.68. The minimum Gasteiger partial charge on any atom is -0.860 e. The normalized spacial score (nSPS) is 9.93. The van der Waals surface area contributed by atoms with Gasteiger partial charge in [-0.25, -0.2) is 4.98 Å². The smallest absolute Gasteiger partial charge is 0.860 e. The van der Waals surface area contributed by atoms with Crippen molar-refractivity contribution in [2.24, 2.45) is 0 Å². The number of nitrogens with zero attached hydrogens (tertiary/aromatic N) is 1. The summed E-state index contributed by atoms with van der Waals surface area (Å²) < 4.78 is 0.487. The molecule has 0 aliphatic carbocycles. The van der Waals surface area contributed by atoms with Gasteiger partial charge in [-0.15, -0.1) is 0 Å². The van der Waals surface area contributed by atoms with Crippen molar-refractivity contribution in [2.75, 3.05) is 11.9 Å². The maximum Gasteiger partial charge on any atom is 1.00 e. The Hall–Kier alpha value is -0.560. The molecule has 0 aliphatic rings. The first-order valence-electron chi connectivity index (χ1n) is 4.15. The van der Waals surface area contributed by atoms with Gasteiger partial charge in [-0.1, -0.05) is 11.3 Å². The van der Waals surface area contributed by atoms with E-state index >= 15 is 0 Å². The fourth-order valence-corrected chi connectivity index (χ4v) is 2.04. The first-order valence-corrected chi connectivity index (χ1v) is 4.97. The van der Waals surface area contributed by atoms with E-state index in [0.29, 0.717) is 15.5 Å². The van der Waals surface area contributed by atoms with E-state index in [4.69, 9.17) is 0 Å². The third-order valence-corrected chi connectivity index (χ3v) is 2.71. The molecule has 0 atom stereocenters. The van der Waals surface area contributed by atoms with Crippen LogP contribution in [0.5, 0.6) is 5.88 Å². The van der Waals surface area contributed by atoms with Crippen LogP contribution in [0.3, 0.4) is 0 Å². The minimum atomic E-state index is -0.407. The van der Waals surface area contributed by atoms with Gasteiger partial charge in [0.05, 0.1) is 0 Å². The Labute approximate surface area is 112 Å². The number of H-pyrrole nitrogens is 1. The Morgan fingerprint density at radius 3 is 3.07 bits per heavy atom. The second kappa shape index (κ2) is 4.98. The van der Waals surface area contributed by atoms with E-state index in [-0.39, 0.29) is 35.0 Å².